The number of aromatic nitrogens is 2. The summed E-state index contributed by atoms with van der Waals surface area (Å²) in [7, 11) is 0. The number of phenols is 1. The summed E-state index contributed by atoms with van der Waals surface area (Å²) in [5.41, 5.74) is 6.53. The molecule has 0 bridgehead atoms. The van der Waals surface area contributed by atoms with Gasteiger partial charge in [-0.15, -0.1) is 0 Å². The van der Waals surface area contributed by atoms with Crippen molar-refractivity contribution in [3.05, 3.63) is 48.3 Å². The van der Waals surface area contributed by atoms with E-state index in [9.17, 15) is 9.50 Å². The third-order valence-corrected chi connectivity index (χ3v) is 2.81. The summed E-state index contributed by atoms with van der Waals surface area (Å²) < 4.78 is 18.5. The maximum absolute atomic E-state index is 13.4. The van der Waals surface area contributed by atoms with Crippen LogP contribution in [0.2, 0.25) is 0 Å². The van der Waals surface area contributed by atoms with Crippen LogP contribution in [0.5, 0.6) is 5.75 Å². The van der Waals surface area contributed by atoms with Crippen molar-refractivity contribution in [1.82, 2.24) is 10.1 Å². The molecular formula is C14H10FN3O2. The van der Waals surface area contributed by atoms with E-state index in [0.717, 1.165) is 0 Å². The van der Waals surface area contributed by atoms with Crippen molar-refractivity contribution in [2.24, 2.45) is 0 Å². The number of para-hydroxylation sites is 1. The summed E-state index contributed by atoms with van der Waals surface area (Å²) in [5, 5.41) is 13.2. The topological polar surface area (TPSA) is 85.2 Å². The minimum Gasteiger partial charge on any atom is -0.508 e. The highest BCUT2D eigenvalue weighted by molar-refractivity contribution is 5.72. The first kappa shape index (κ1) is 12.2. The molecule has 0 aliphatic carbocycles. The van der Waals surface area contributed by atoms with Gasteiger partial charge in [0.1, 0.15) is 11.6 Å². The molecule has 100 valence electrons. The van der Waals surface area contributed by atoms with Gasteiger partial charge >= 0.3 is 0 Å². The fourth-order valence-corrected chi connectivity index (χ4v) is 1.82. The lowest BCUT2D eigenvalue weighted by atomic mass is 10.1. The van der Waals surface area contributed by atoms with Crippen LogP contribution in [0.4, 0.5) is 10.1 Å². The van der Waals surface area contributed by atoms with E-state index in [1.165, 1.54) is 24.3 Å². The van der Waals surface area contributed by atoms with Gasteiger partial charge in [0.25, 0.3) is 5.89 Å². The first-order chi connectivity index (χ1) is 9.65. The second-order valence-electron chi connectivity index (χ2n) is 4.17. The van der Waals surface area contributed by atoms with E-state index >= 15 is 0 Å². The van der Waals surface area contributed by atoms with Gasteiger partial charge in [-0.1, -0.05) is 23.4 Å². The summed E-state index contributed by atoms with van der Waals surface area (Å²) in [4.78, 5) is 4.16. The highest BCUT2D eigenvalue weighted by Gasteiger charge is 2.15. The SMILES string of the molecule is Nc1c(F)cccc1-c1nc(-c2cccc(O)c2)no1. The maximum atomic E-state index is 13.4. The van der Waals surface area contributed by atoms with Crippen molar-refractivity contribution < 1.29 is 14.0 Å². The molecule has 0 fully saturated rings. The summed E-state index contributed by atoms with van der Waals surface area (Å²) in [6.07, 6.45) is 0. The summed E-state index contributed by atoms with van der Waals surface area (Å²) in [6, 6.07) is 10.8. The number of benzene rings is 2. The van der Waals surface area contributed by atoms with Gasteiger partial charge in [-0.05, 0) is 24.3 Å². The Bertz CT molecular complexity index is 771. The largest absolute Gasteiger partial charge is 0.508 e. The molecule has 0 atom stereocenters. The molecule has 0 spiro atoms. The van der Waals surface area contributed by atoms with Crippen LogP contribution in [0, 0.1) is 5.82 Å². The van der Waals surface area contributed by atoms with Crippen molar-refractivity contribution in [1.29, 1.82) is 0 Å². The zero-order valence-corrected chi connectivity index (χ0v) is 10.2. The summed E-state index contributed by atoms with van der Waals surface area (Å²) in [5.74, 6) is -0.0290. The normalized spacial score (nSPS) is 10.7. The lowest BCUT2D eigenvalue weighted by Crippen LogP contribution is -1.94. The first-order valence-corrected chi connectivity index (χ1v) is 5.82. The van der Waals surface area contributed by atoms with E-state index in [1.807, 2.05) is 0 Å². The van der Waals surface area contributed by atoms with Crippen LogP contribution in [-0.4, -0.2) is 15.2 Å². The van der Waals surface area contributed by atoms with E-state index in [0.29, 0.717) is 17.0 Å². The Balaban J connectivity index is 2.04. The van der Waals surface area contributed by atoms with Gasteiger partial charge in [-0.3, -0.25) is 0 Å². The molecule has 2 aromatic carbocycles. The Morgan fingerprint density at radius 3 is 2.75 bits per heavy atom. The number of nitrogens with two attached hydrogens (primary N) is 1. The van der Waals surface area contributed by atoms with E-state index in [4.69, 9.17) is 10.3 Å². The fraction of sp³-hybridized carbons (Fsp3) is 0. The highest BCUT2D eigenvalue weighted by Crippen LogP contribution is 2.28. The van der Waals surface area contributed by atoms with Crippen LogP contribution >= 0.6 is 0 Å². The number of rotatable bonds is 2. The Kier molecular flexibility index (Phi) is 2.83. The zero-order valence-electron chi connectivity index (χ0n) is 10.2. The molecule has 3 N–H and O–H groups in total. The van der Waals surface area contributed by atoms with Crippen molar-refractivity contribution in [3.63, 3.8) is 0 Å². The van der Waals surface area contributed by atoms with Crippen molar-refractivity contribution in [3.8, 4) is 28.6 Å². The van der Waals surface area contributed by atoms with E-state index in [2.05, 4.69) is 10.1 Å². The molecule has 0 unspecified atom stereocenters. The molecule has 0 radical (unpaired) electrons. The highest BCUT2D eigenvalue weighted by atomic mass is 19.1. The Labute approximate surface area is 113 Å². The summed E-state index contributed by atoms with van der Waals surface area (Å²) >= 11 is 0. The molecule has 1 heterocycles. The van der Waals surface area contributed by atoms with Gasteiger partial charge < -0.3 is 15.4 Å². The van der Waals surface area contributed by atoms with Crippen LogP contribution in [0.15, 0.2) is 47.0 Å². The van der Waals surface area contributed by atoms with Gasteiger partial charge in [0, 0.05) is 5.56 Å². The molecule has 3 aromatic rings. The lowest BCUT2D eigenvalue weighted by molar-refractivity contribution is 0.432. The van der Waals surface area contributed by atoms with Crippen LogP contribution in [-0.2, 0) is 0 Å². The molecule has 0 amide bonds. The number of hydrogen-bond donors (Lipinski definition) is 2. The number of aromatic hydroxyl groups is 1. The molecule has 3 rings (SSSR count). The molecule has 0 saturated carbocycles. The first-order valence-electron chi connectivity index (χ1n) is 5.82. The average Bonchev–Trinajstić information content (AvgIpc) is 2.91. The number of nitrogens with zero attached hydrogens (tertiary/aromatic N) is 2. The Hall–Kier alpha value is -2.89. The van der Waals surface area contributed by atoms with Gasteiger partial charge in [0.2, 0.25) is 5.82 Å². The predicted octanol–water partition coefficient (Wildman–Crippen LogP) is 2.83. The fourth-order valence-electron chi connectivity index (χ4n) is 1.82. The van der Waals surface area contributed by atoms with E-state index < -0.39 is 5.82 Å². The number of halogens is 1. The number of hydrogen-bond acceptors (Lipinski definition) is 5. The third kappa shape index (κ3) is 2.07. The average molecular weight is 271 g/mol. The zero-order chi connectivity index (χ0) is 14.1. The van der Waals surface area contributed by atoms with Crippen molar-refractivity contribution >= 4 is 5.69 Å². The van der Waals surface area contributed by atoms with Crippen molar-refractivity contribution in [2.75, 3.05) is 5.73 Å². The van der Waals surface area contributed by atoms with Gasteiger partial charge in [0.15, 0.2) is 0 Å². The Morgan fingerprint density at radius 1 is 1.15 bits per heavy atom. The molecule has 5 nitrogen and oxygen atoms in total. The van der Waals surface area contributed by atoms with E-state index in [1.54, 1.807) is 18.2 Å². The van der Waals surface area contributed by atoms with Gasteiger partial charge in [-0.2, -0.15) is 4.98 Å². The van der Waals surface area contributed by atoms with Crippen LogP contribution in [0.1, 0.15) is 0 Å². The quantitative estimate of drug-likeness (QED) is 0.700. The predicted molar refractivity (Wildman–Crippen MR) is 71.2 cm³/mol. The number of nitrogen functional groups attached to an aromatic ring is 1. The maximum Gasteiger partial charge on any atom is 0.260 e. The van der Waals surface area contributed by atoms with Crippen molar-refractivity contribution in [2.45, 2.75) is 0 Å². The standard InChI is InChI=1S/C14H10FN3O2/c15-11-6-2-5-10(12(11)16)14-17-13(18-20-14)8-3-1-4-9(19)7-8/h1-7,19H,16H2. The van der Waals surface area contributed by atoms with Crippen LogP contribution in [0.25, 0.3) is 22.8 Å². The smallest absolute Gasteiger partial charge is 0.260 e. The monoisotopic (exact) mass is 271 g/mol. The molecule has 20 heavy (non-hydrogen) atoms. The molecule has 6 heteroatoms. The third-order valence-electron chi connectivity index (χ3n) is 2.81. The molecular weight excluding hydrogens is 261 g/mol. The van der Waals surface area contributed by atoms with Gasteiger partial charge in [-0.25, -0.2) is 4.39 Å². The molecule has 1 aromatic heterocycles. The van der Waals surface area contributed by atoms with Crippen LogP contribution in [0.3, 0.4) is 0 Å². The Morgan fingerprint density at radius 2 is 1.95 bits per heavy atom. The minimum absolute atomic E-state index is 0.0430. The second-order valence-corrected chi connectivity index (χ2v) is 4.17. The molecule has 0 aliphatic rings. The van der Waals surface area contributed by atoms with E-state index in [-0.39, 0.29) is 17.3 Å². The van der Waals surface area contributed by atoms with Gasteiger partial charge in [0.05, 0.1) is 11.3 Å². The second kappa shape index (κ2) is 4.65. The number of phenolic OH excluding ortho intramolecular Hbond substituents is 1. The lowest BCUT2D eigenvalue weighted by Gasteiger charge is -2.00. The van der Waals surface area contributed by atoms with Crippen LogP contribution < -0.4 is 5.73 Å². The minimum atomic E-state index is -0.542. The molecule has 0 saturated heterocycles. The number of anilines is 1. The summed E-state index contributed by atoms with van der Waals surface area (Å²) in [6.45, 7) is 0. The molecule has 0 aliphatic heterocycles.